The fourth-order valence-electron chi connectivity index (χ4n) is 6.88. The Hall–Kier alpha value is -7.20. The highest BCUT2D eigenvalue weighted by molar-refractivity contribution is 7.54. The van der Waals surface area contributed by atoms with Crippen LogP contribution in [0.3, 0.4) is 0 Å². The van der Waals surface area contributed by atoms with E-state index in [9.17, 15) is 18.7 Å². The number of carbonyl (C=O) groups is 2. The standard InChI is InChI=1S/C23H28N7O4P.C18H16N6O2.C6H16NO3P.2CH4/c1-4-7-17(12-18-13-26-21-19(28-18)20(24)29-23(25)30-21)15-8-10-16(11-9-15)22(31)27-14-35(32,33-5-2)34-6-3;1-2-3-12(10-4-6-11(7-5-10)17(25)26)8-13-9-21-16-14(22-13)15(19)23-18(20)24-16;1-3-9-11(8,6-5-7)10-4-2;;/h1,8-11,13,17H,5-7,12,14H2,2-3H3,(H,27,31)(H4,24,25,26,29,30);1,4-7,9,12H,3,8H2,(H,25,26)(H4,19,20,21,23,24);3-7H2,1-2H3;2*1H4. The number of carbonyl (C=O) groups excluding carboxylic acids is 1. The lowest BCUT2D eigenvalue weighted by molar-refractivity contribution is 0.0696. The van der Waals surface area contributed by atoms with Crippen molar-refractivity contribution in [2.24, 2.45) is 5.73 Å². The summed E-state index contributed by atoms with van der Waals surface area (Å²) in [5, 5.41) is 11.6. The molecule has 2 unspecified atom stereocenters. The van der Waals surface area contributed by atoms with Crippen molar-refractivity contribution in [2.75, 3.05) is 68.4 Å². The van der Waals surface area contributed by atoms with E-state index in [1.807, 2.05) is 12.1 Å². The second-order valence-corrected chi connectivity index (χ2v) is 19.5. The van der Waals surface area contributed by atoms with Gasteiger partial charge >= 0.3 is 21.2 Å². The lowest BCUT2D eigenvalue weighted by Gasteiger charge is -2.18. The Balaban J connectivity index is 0.000000423. The van der Waals surface area contributed by atoms with Crippen LogP contribution >= 0.6 is 15.2 Å². The summed E-state index contributed by atoms with van der Waals surface area (Å²) >= 11 is 0. The predicted octanol–water partition coefficient (Wildman–Crippen LogP) is 7.00. The van der Waals surface area contributed by atoms with E-state index in [1.165, 1.54) is 0 Å². The topological polar surface area (TPSA) is 371 Å². The van der Waals surface area contributed by atoms with Crippen LogP contribution in [0.1, 0.15) is 110 Å². The molecule has 12 N–H and O–H groups in total. The molecule has 74 heavy (non-hydrogen) atoms. The first-order chi connectivity index (χ1) is 34.4. The van der Waals surface area contributed by atoms with Crippen LogP contribution in [0, 0.1) is 24.7 Å². The molecular weight excluding hydrogens is 991 g/mol. The van der Waals surface area contributed by atoms with Gasteiger partial charge in [-0.3, -0.25) is 13.9 Å². The summed E-state index contributed by atoms with van der Waals surface area (Å²) in [5.41, 5.74) is 33.4. The van der Waals surface area contributed by atoms with Gasteiger partial charge in [0, 0.05) is 36.8 Å². The molecule has 0 fully saturated rings. The third kappa shape index (κ3) is 18.7. The van der Waals surface area contributed by atoms with Gasteiger partial charge in [-0.15, -0.1) is 24.7 Å². The Morgan fingerprint density at radius 3 is 1.39 bits per heavy atom. The van der Waals surface area contributed by atoms with Gasteiger partial charge in [-0.25, -0.2) is 24.7 Å². The minimum atomic E-state index is -3.38. The Morgan fingerprint density at radius 1 is 0.635 bits per heavy atom. The van der Waals surface area contributed by atoms with Gasteiger partial charge in [0.05, 0.1) is 61.9 Å². The molecule has 25 heteroatoms. The van der Waals surface area contributed by atoms with Crippen molar-refractivity contribution in [1.29, 1.82) is 0 Å². The van der Waals surface area contributed by atoms with Gasteiger partial charge in [0.15, 0.2) is 34.0 Å². The third-order valence-corrected chi connectivity index (χ3v) is 14.0. The average molecular weight is 1060 g/mol. The van der Waals surface area contributed by atoms with Crippen LogP contribution in [-0.2, 0) is 40.1 Å². The Morgan fingerprint density at radius 2 is 1.03 bits per heavy atom. The molecule has 4 heterocycles. The van der Waals surface area contributed by atoms with Crippen LogP contribution in [-0.4, -0.2) is 102 Å². The highest BCUT2D eigenvalue weighted by atomic mass is 31.2. The first-order valence-electron chi connectivity index (χ1n) is 22.6. The highest BCUT2D eigenvalue weighted by Gasteiger charge is 2.25. The van der Waals surface area contributed by atoms with Crippen LogP contribution < -0.4 is 34.0 Å². The van der Waals surface area contributed by atoms with Gasteiger partial charge in [-0.05, 0) is 75.9 Å². The zero-order valence-electron chi connectivity index (χ0n) is 40.4. The summed E-state index contributed by atoms with van der Waals surface area (Å²) < 4.78 is 44.4. The molecule has 2 aromatic carbocycles. The molecule has 1 amide bonds. The molecule has 6 rings (SSSR count). The maximum absolute atomic E-state index is 12.6. The number of nitrogens with zero attached hydrogens (tertiary/aromatic N) is 8. The van der Waals surface area contributed by atoms with E-state index in [0.717, 1.165) is 11.1 Å². The van der Waals surface area contributed by atoms with E-state index in [-0.39, 0.29) is 81.2 Å². The molecule has 0 saturated heterocycles. The molecule has 0 bridgehead atoms. The van der Waals surface area contributed by atoms with E-state index in [1.54, 1.807) is 76.5 Å². The number of fused-ring (bicyclic) bond motifs is 2. The summed E-state index contributed by atoms with van der Waals surface area (Å²) in [4.78, 5) is 57.0. The largest absolute Gasteiger partial charge is 0.478 e. The number of terminal acetylenes is 2. The molecule has 2 atom stereocenters. The molecule has 0 aliphatic heterocycles. The van der Waals surface area contributed by atoms with Crippen molar-refractivity contribution in [3.8, 4) is 24.7 Å². The molecular formula is C49H68N14O9P2. The molecule has 0 spiro atoms. The zero-order valence-corrected chi connectivity index (χ0v) is 42.2. The number of rotatable bonds is 22. The summed E-state index contributed by atoms with van der Waals surface area (Å²) in [5.74, 6) is 4.27. The fourth-order valence-corrected chi connectivity index (χ4v) is 9.70. The summed E-state index contributed by atoms with van der Waals surface area (Å²) in [7, 11) is -6.23. The number of anilines is 4. The van der Waals surface area contributed by atoms with Crippen molar-refractivity contribution >= 4 is 72.9 Å². The number of amides is 1. The predicted molar refractivity (Wildman–Crippen MR) is 289 cm³/mol. The average Bonchev–Trinajstić information content (AvgIpc) is 3.34. The zero-order chi connectivity index (χ0) is 52.8. The van der Waals surface area contributed by atoms with Gasteiger partial charge in [0.1, 0.15) is 6.29 Å². The first kappa shape index (κ1) is 62.9. The van der Waals surface area contributed by atoms with Crippen LogP contribution in [0.2, 0.25) is 0 Å². The second kappa shape index (κ2) is 30.7. The number of hydrogen-bond donors (Lipinski definition) is 7. The van der Waals surface area contributed by atoms with Crippen LogP contribution in [0.15, 0.2) is 60.9 Å². The van der Waals surface area contributed by atoms with Gasteiger partial charge < -0.3 is 57.2 Å². The van der Waals surface area contributed by atoms with Gasteiger partial charge in [0.2, 0.25) is 11.9 Å². The van der Waals surface area contributed by atoms with E-state index < -0.39 is 21.2 Å². The van der Waals surface area contributed by atoms with Crippen molar-refractivity contribution in [3.63, 3.8) is 0 Å². The lowest BCUT2D eigenvalue weighted by Crippen LogP contribution is -2.25. The van der Waals surface area contributed by atoms with E-state index in [0.29, 0.717) is 90.9 Å². The molecule has 0 aliphatic carbocycles. The minimum absolute atomic E-state index is 0. The molecule has 0 saturated carbocycles. The molecule has 23 nitrogen and oxygen atoms in total. The SMILES string of the molecule is C.C.C#CCC(Cc1cnc2nc(N)nc(N)c2n1)c1ccc(C(=O)NCP(=O)(OCC)OCC)cc1.C#CCC(Cc1cnc2nc(N)nc(N)c2n1)c1ccc(C(=O)O)cc1.CCOP(=O)(CCN)OCC. The van der Waals surface area contributed by atoms with Crippen molar-refractivity contribution in [1.82, 2.24) is 45.2 Å². The highest BCUT2D eigenvalue weighted by Crippen LogP contribution is 2.47. The minimum Gasteiger partial charge on any atom is -0.478 e. The molecule has 6 aromatic rings. The second-order valence-electron chi connectivity index (χ2n) is 15.2. The monoisotopic (exact) mass is 1060 g/mol. The number of hydrogen-bond acceptors (Lipinski definition) is 21. The number of carboxylic acid groups (broad SMARTS) is 1. The van der Waals surface area contributed by atoms with Crippen molar-refractivity contribution in [3.05, 3.63) is 94.6 Å². The van der Waals surface area contributed by atoms with Gasteiger partial charge in [-0.2, -0.15) is 19.9 Å². The van der Waals surface area contributed by atoms with E-state index >= 15 is 0 Å². The van der Waals surface area contributed by atoms with E-state index in [4.69, 9.17) is 64.7 Å². The van der Waals surface area contributed by atoms with Crippen LogP contribution in [0.5, 0.6) is 0 Å². The number of nitrogens with one attached hydrogen (secondary N) is 1. The van der Waals surface area contributed by atoms with Crippen LogP contribution in [0.25, 0.3) is 22.3 Å². The number of nitrogens with two attached hydrogens (primary N) is 5. The first-order valence-corrected chi connectivity index (χ1v) is 26.0. The van der Waals surface area contributed by atoms with Crippen molar-refractivity contribution < 1.29 is 41.9 Å². The number of carboxylic acids is 1. The molecule has 0 radical (unpaired) electrons. The number of nitrogen functional groups attached to an aromatic ring is 4. The summed E-state index contributed by atoms with van der Waals surface area (Å²) in [6.07, 6.45) is 16.3. The van der Waals surface area contributed by atoms with Crippen molar-refractivity contribution in [2.45, 2.75) is 80.1 Å². The number of aromatic carboxylic acids is 1. The fraction of sp³-hybridized carbons (Fsp3) is 0.388. The summed E-state index contributed by atoms with van der Waals surface area (Å²) in [6, 6.07) is 13.7. The maximum atomic E-state index is 12.6. The quantitative estimate of drug-likeness (QED) is 0.0265. The number of aromatic nitrogens is 8. The molecule has 0 aliphatic rings. The van der Waals surface area contributed by atoms with Gasteiger partial charge in [-0.1, -0.05) is 39.1 Å². The smallest absolute Gasteiger partial charge is 0.349 e. The molecule has 398 valence electrons. The Labute approximate surface area is 432 Å². The van der Waals surface area contributed by atoms with E-state index in [2.05, 4.69) is 57.0 Å². The maximum Gasteiger partial charge on any atom is 0.349 e. The molecule has 4 aromatic heterocycles. The Bertz CT molecular complexity index is 2920. The number of benzene rings is 2. The normalized spacial score (nSPS) is 11.7. The Kier molecular flexibility index (Phi) is 26.1. The lowest BCUT2D eigenvalue weighted by atomic mass is 9.91. The third-order valence-electron chi connectivity index (χ3n) is 10.1. The summed E-state index contributed by atoms with van der Waals surface area (Å²) in [6.45, 7) is 8.54. The van der Waals surface area contributed by atoms with Crippen LogP contribution in [0.4, 0.5) is 23.5 Å². The van der Waals surface area contributed by atoms with Gasteiger partial charge in [0.25, 0.3) is 5.91 Å².